The molecule has 1 aromatic rings. The number of hydrogen-bond acceptors (Lipinski definition) is 6. The summed E-state index contributed by atoms with van der Waals surface area (Å²) in [4.78, 5) is 13.6. The van der Waals surface area contributed by atoms with E-state index in [9.17, 15) is 8.78 Å². The zero-order valence-electron chi connectivity index (χ0n) is 9.82. The van der Waals surface area contributed by atoms with Crippen LogP contribution in [0.5, 0.6) is 0 Å². The van der Waals surface area contributed by atoms with Crippen molar-refractivity contribution in [1.29, 1.82) is 0 Å². The van der Waals surface area contributed by atoms with Crippen LogP contribution in [-0.2, 0) is 0 Å². The Hall–Kier alpha value is -1.73. The number of nitrogen functional groups attached to an aromatic ring is 1. The smallest absolute Gasteiger partial charge is 0.255 e. The van der Waals surface area contributed by atoms with E-state index in [4.69, 9.17) is 5.73 Å². The van der Waals surface area contributed by atoms with Crippen molar-refractivity contribution in [2.75, 3.05) is 35.6 Å². The van der Waals surface area contributed by atoms with E-state index in [1.807, 2.05) is 18.7 Å². The Morgan fingerprint density at radius 3 is 2.41 bits per heavy atom. The van der Waals surface area contributed by atoms with Crippen LogP contribution >= 0.6 is 0 Å². The quantitative estimate of drug-likeness (QED) is 0.778. The van der Waals surface area contributed by atoms with Crippen molar-refractivity contribution in [3.63, 3.8) is 0 Å². The zero-order chi connectivity index (χ0) is 12.8. The summed E-state index contributed by atoms with van der Waals surface area (Å²) in [6.07, 6.45) is -2.47. The van der Waals surface area contributed by atoms with E-state index in [1.165, 1.54) is 0 Å². The Kier molecular flexibility index (Phi) is 4.80. The summed E-state index contributed by atoms with van der Waals surface area (Å²) in [5.74, 6) is 0.470. The summed E-state index contributed by atoms with van der Waals surface area (Å²) in [5.41, 5.74) is 5.50. The predicted octanol–water partition coefficient (Wildman–Crippen LogP) is 0.977. The fourth-order valence-corrected chi connectivity index (χ4v) is 1.28. The molecule has 8 heteroatoms. The Morgan fingerprint density at radius 1 is 1.24 bits per heavy atom. The van der Waals surface area contributed by atoms with Crippen LogP contribution in [0, 0.1) is 0 Å². The maximum atomic E-state index is 12.0. The largest absolute Gasteiger partial charge is 0.368 e. The Bertz CT molecular complexity index is 355. The van der Waals surface area contributed by atoms with Gasteiger partial charge in [0.1, 0.15) is 0 Å². The van der Waals surface area contributed by atoms with Gasteiger partial charge < -0.3 is 16.0 Å². The fraction of sp³-hybridized carbons (Fsp3) is 0.667. The molecule has 6 nitrogen and oxygen atoms in total. The van der Waals surface area contributed by atoms with E-state index in [0.717, 1.165) is 0 Å². The second-order valence-electron chi connectivity index (χ2n) is 3.26. The number of anilines is 3. The number of hydrogen-bond donors (Lipinski definition) is 2. The lowest BCUT2D eigenvalue weighted by Gasteiger charge is -2.18. The molecule has 0 aliphatic heterocycles. The number of alkyl halides is 2. The number of halogens is 2. The Balaban J connectivity index is 2.85. The van der Waals surface area contributed by atoms with Crippen molar-refractivity contribution < 1.29 is 8.78 Å². The predicted molar refractivity (Wildman–Crippen MR) is 62.3 cm³/mol. The molecule has 0 atom stereocenters. The van der Waals surface area contributed by atoms with Crippen LogP contribution in [0.2, 0.25) is 0 Å². The summed E-state index contributed by atoms with van der Waals surface area (Å²) in [7, 11) is 0. The number of nitrogens with one attached hydrogen (secondary N) is 1. The molecule has 0 fully saturated rings. The second-order valence-corrected chi connectivity index (χ2v) is 3.26. The van der Waals surface area contributed by atoms with E-state index in [-0.39, 0.29) is 11.9 Å². The highest BCUT2D eigenvalue weighted by Crippen LogP contribution is 2.11. The zero-order valence-corrected chi connectivity index (χ0v) is 9.82. The van der Waals surface area contributed by atoms with Gasteiger partial charge in [0.05, 0.1) is 6.54 Å². The number of rotatable bonds is 6. The van der Waals surface area contributed by atoms with Gasteiger partial charge in [0.2, 0.25) is 17.8 Å². The third-order valence-electron chi connectivity index (χ3n) is 2.10. The summed E-state index contributed by atoms with van der Waals surface area (Å²) in [5, 5.41) is 2.41. The van der Waals surface area contributed by atoms with Crippen LogP contribution in [0.1, 0.15) is 13.8 Å². The van der Waals surface area contributed by atoms with E-state index >= 15 is 0 Å². The van der Waals surface area contributed by atoms with Crippen LogP contribution in [-0.4, -0.2) is 41.0 Å². The average Bonchev–Trinajstić information content (AvgIpc) is 2.27. The van der Waals surface area contributed by atoms with Gasteiger partial charge in [0.15, 0.2) is 0 Å². The highest BCUT2D eigenvalue weighted by molar-refractivity contribution is 5.41. The van der Waals surface area contributed by atoms with Crippen molar-refractivity contribution >= 4 is 17.8 Å². The molecular formula is C9H16F2N6. The first-order valence-corrected chi connectivity index (χ1v) is 5.35. The molecule has 0 bridgehead atoms. The summed E-state index contributed by atoms with van der Waals surface area (Å²) in [6, 6.07) is 0. The summed E-state index contributed by atoms with van der Waals surface area (Å²) in [6.45, 7) is 4.77. The topological polar surface area (TPSA) is 80.0 Å². The number of aromatic nitrogens is 3. The SMILES string of the molecule is CCN(CC)c1nc(N)nc(NCC(F)F)n1. The van der Waals surface area contributed by atoms with Gasteiger partial charge in [-0.15, -0.1) is 0 Å². The first-order chi connectivity index (χ1) is 8.06. The fourth-order valence-electron chi connectivity index (χ4n) is 1.28. The molecule has 0 aliphatic carbocycles. The van der Waals surface area contributed by atoms with Gasteiger partial charge in [0, 0.05) is 13.1 Å². The van der Waals surface area contributed by atoms with Gasteiger partial charge in [-0.3, -0.25) is 0 Å². The molecule has 17 heavy (non-hydrogen) atoms. The molecule has 0 amide bonds. The first kappa shape index (κ1) is 13.3. The molecule has 1 rings (SSSR count). The van der Waals surface area contributed by atoms with Gasteiger partial charge in [0.25, 0.3) is 6.43 Å². The van der Waals surface area contributed by atoms with Crippen LogP contribution in [0.3, 0.4) is 0 Å². The summed E-state index contributed by atoms with van der Waals surface area (Å²) < 4.78 is 24.1. The third kappa shape index (κ3) is 3.97. The first-order valence-electron chi connectivity index (χ1n) is 5.35. The van der Waals surface area contributed by atoms with Crippen LogP contribution in [0.15, 0.2) is 0 Å². The third-order valence-corrected chi connectivity index (χ3v) is 2.10. The highest BCUT2D eigenvalue weighted by Gasteiger charge is 2.10. The van der Waals surface area contributed by atoms with Gasteiger partial charge in [-0.05, 0) is 13.8 Å². The molecular weight excluding hydrogens is 230 g/mol. The minimum atomic E-state index is -2.47. The van der Waals surface area contributed by atoms with Crippen molar-refractivity contribution in [3.05, 3.63) is 0 Å². The second kappa shape index (κ2) is 6.12. The molecule has 3 N–H and O–H groups in total. The molecule has 1 aromatic heterocycles. The van der Waals surface area contributed by atoms with Crippen molar-refractivity contribution in [2.24, 2.45) is 0 Å². The summed E-state index contributed by atoms with van der Waals surface area (Å²) >= 11 is 0. The Morgan fingerprint density at radius 2 is 1.88 bits per heavy atom. The van der Waals surface area contributed by atoms with E-state index in [0.29, 0.717) is 19.0 Å². The molecule has 0 aromatic carbocycles. The van der Waals surface area contributed by atoms with Gasteiger partial charge >= 0.3 is 0 Å². The lowest BCUT2D eigenvalue weighted by atomic mass is 10.5. The van der Waals surface area contributed by atoms with Crippen LogP contribution in [0.25, 0.3) is 0 Å². The molecule has 0 saturated heterocycles. The standard InChI is InChI=1S/C9H16F2N6/c1-3-17(4-2)9-15-7(12)14-8(16-9)13-5-6(10)11/h6H,3-5H2,1-2H3,(H3,12,13,14,15,16). The molecule has 96 valence electrons. The average molecular weight is 246 g/mol. The lowest BCUT2D eigenvalue weighted by molar-refractivity contribution is 0.163. The van der Waals surface area contributed by atoms with Crippen molar-refractivity contribution in [1.82, 2.24) is 15.0 Å². The molecule has 0 radical (unpaired) electrons. The van der Waals surface area contributed by atoms with Gasteiger partial charge in [-0.25, -0.2) is 8.78 Å². The van der Waals surface area contributed by atoms with Crippen LogP contribution in [0.4, 0.5) is 26.6 Å². The van der Waals surface area contributed by atoms with Gasteiger partial charge in [-0.2, -0.15) is 15.0 Å². The normalized spacial score (nSPS) is 10.6. The Labute approximate surface area is 98.3 Å². The monoisotopic (exact) mass is 246 g/mol. The molecule has 0 aliphatic rings. The van der Waals surface area contributed by atoms with E-state index in [2.05, 4.69) is 20.3 Å². The highest BCUT2D eigenvalue weighted by atomic mass is 19.3. The maximum Gasteiger partial charge on any atom is 0.255 e. The molecule has 0 spiro atoms. The maximum absolute atomic E-state index is 12.0. The lowest BCUT2D eigenvalue weighted by Crippen LogP contribution is -2.25. The minimum Gasteiger partial charge on any atom is -0.368 e. The minimum absolute atomic E-state index is 0.0127. The molecule has 0 saturated carbocycles. The molecule has 0 unspecified atom stereocenters. The van der Waals surface area contributed by atoms with Crippen molar-refractivity contribution in [2.45, 2.75) is 20.3 Å². The molecule has 1 heterocycles. The van der Waals surface area contributed by atoms with Gasteiger partial charge in [-0.1, -0.05) is 0 Å². The van der Waals surface area contributed by atoms with Crippen molar-refractivity contribution in [3.8, 4) is 0 Å². The number of nitrogens with zero attached hydrogens (tertiary/aromatic N) is 4. The number of nitrogens with two attached hydrogens (primary N) is 1. The van der Waals surface area contributed by atoms with E-state index in [1.54, 1.807) is 0 Å². The van der Waals surface area contributed by atoms with E-state index < -0.39 is 13.0 Å². The van der Waals surface area contributed by atoms with Crippen LogP contribution < -0.4 is 16.0 Å².